The van der Waals surface area contributed by atoms with Crippen LogP contribution in [0.4, 0.5) is 5.82 Å². The van der Waals surface area contributed by atoms with Gasteiger partial charge in [0.25, 0.3) is 5.56 Å². The first-order valence-electron chi connectivity index (χ1n) is 5.92. The summed E-state index contributed by atoms with van der Waals surface area (Å²) >= 11 is 0. The maximum atomic E-state index is 12.0. The lowest BCUT2D eigenvalue weighted by molar-refractivity contribution is -0.144. The number of aromatic nitrogens is 3. The van der Waals surface area contributed by atoms with Crippen molar-refractivity contribution < 1.29 is 9.53 Å². The van der Waals surface area contributed by atoms with Crippen LogP contribution < -0.4 is 16.1 Å². The summed E-state index contributed by atoms with van der Waals surface area (Å²) in [5, 5.41) is 3.98. The molecule has 0 aliphatic carbocycles. The van der Waals surface area contributed by atoms with Gasteiger partial charge in [0.2, 0.25) is 5.82 Å². The average molecular weight is 268 g/mol. The Hall–Kier alpha value is -2.12. The van der Waals surface area contributed by atoms with E-state index in [1.807, 2.05) is 0 Å². The minimum absolute atomic E-state index is 0.191. The molecule has 0 saturated carbocycles. The number of nitrogens with zero attached hydrogens (tertiary/aromatic N) is 4. The summed E-state index contributed by atoms with van der Waals surface area (Å²) in [7, 11) is 4.23. The van der Waals surface area contributed by atoms with E-state index >= 15 is 0 Å². The van der Waals surface area contributed by atoms with Crippen molar-refractivity contribution in [2.75, 3.05) is 25.1 Å². The molecular formula is C11H16N4O4. The van der Waals surface area contributed by atoms with Crippen LogP contribution in [-0.4, -0.2) is 40.5 Å². The van der Waals surface area contributed by atoms with E-state index < -0.39 is 11.2 Å². The summed E-state index contributed by atoms with van der Waals surface area (Å²) < 4.78 is 6.81. The Kier molecular flexibility index (Phi) is 3.41. The van der Waals surface area contributed by atoms with Gasteiger partial charge in [-0.25, -0.2) is 9.48 Å². The molecule has 1 aromatic heterocycles. The fourth-order valence-electron chi connectivity index (χ4n) is 2.19. The number of esters is 1. The molecule has 8 heteroatoms. The lowest BCUT2D eigenvalue weighted by atomic mass is 10.1. The standard InChI is InChI=1S/C11H16N4O4/c1-13-9(16)8(12-14(2)11(13)18)15-5-4-7(6-15)10(17)19-3/h7H,4-6H2,1-3H3. The van der Waals surface area contributed by atoms with Crippen LogP contribution in [0.5, 0.6) is 0 Å². The number of anilines is 1. The smallest absolute Gasteiger partial charge is 0.346 e. The topological polar surface area (TPSA) is 86.4 Å². The zero-order chi connectivity index (χ0) is 14.2. The number of hydrogen-bond acceptors (Lipinski definition) is 6. The minimum Gasteiger partial charge on any atom is -0.469 e. The monoisotopic (exact) mass is 268 g/mol. The normalized spacial score (nSPS) is 18.7. The summed E-state index contributed by atoms with van der Waals surface area (Å²) in [5.41, 5.74) is -0.925. The Morgan fingerprint density at radius 2 is 2.05 bits per heavy atom. The summed E-state index contributed by atoms with van der Waals surface area (Å²) in [6.45, 7) is 0.924. The van der Waals surface area contributed by atoms with Crippen molar-refractivity contribution in [2.45, 2.75) is 6.42 Å². The van der Waals surface area contributed by atoms with Crippen LogP contribution in [0.2, 0.25) is 0 Å². The highest BCUT2D eigenvalue weighted by Gasteiger charge is 2.31. The van der Waals surface area contributed by atoms with E-state index in [-0.39, 0.29) is 17.7 Å². The van der Waals surface area contributed by atoms with Gasteiger partial charge in [0.05, 0.1) is 13.0 Å². The van der Waals surface area contributed by atoms with Gasteiger partial charge in [0, 0.05) is 27.2 Å². The third-order valence-corrected chi connectivity index (χ3v) is 3.33. The molecule has 0 amide bonds. The molecule has 2 rings (SSSR count). The third kappa shape index (κ3) is 2.25. The van der Waals surface area contributed by atoms with Crippen molar-refractivity contribution in [1.82, 2.24) is 14.3 Å². The summed E-state index contributed by atoms with van der Waals surface area (Å²) in [4.78, 5) is 36.7. The van der Waals surface area contributed by atoms with Crippen LogP contribution in [0.3, 0.4) is 0 Å². The van der Waals surface area contributed by atoms with Gasteiger partial charge in [-0.15, -0.1) is 5.10 Å². The van der Waals surface area contributed by atoms with Crippen LogP contribution in [0, 0.1) is 5.92 Å². The summed E-state index contributed by atoms with van der Waals surface area (Å²) in [6, 6.07) is 0. The number of ether oxygens (including phenoxy) is 1. The van der Waals surface area contributed by atoms with E-state index in [4.69, 9.17) is 4.74 Å². The van der Waals surface area contributed by atoms with Crippen molar-refractivity contribution in [3.63, 3.8) is 0 Å². The second-order valence-corrected chi connectivity index (χ2v) is 4.55. The predicted molar refractivity (Wildman–Crippen MR) is 67.1 cm³/mol. The van der Waals surface area contributed by atoms with Crippen LogP contribution >= 0.6 is 0 Å². The van der Waals surface area contributed by atoms with Gasteiger partial charge >= 0.3 is 11.7 Å². The molecule has 8 nitrogen and oxygen atoms in total. The third-order valence-electron chi connectivity index (χ3n) is 3.33. The zero-order valence-electron chi connectivity index (χ0n) is 11.1. The minimum atomic E-state index is -0.475. The zero-order valence-corrected chi connectivity index (χ0v) is 11.1. The fourth-order valence-corrected chi connectivity index (χ4v) is 2.19. The highest BCUT2D eigenvalue weighted by atomic mass is 16.5. The largest absolute Gasteiger partial charge is 0.469 e. The van der Waals surface area contributed by atoms with Crippen molar-refractivity contribution in [3.8, 4) is 0 Å². The molecular weight excluding hydrogens is 252 g/mol. The van der Waals surface area contributed by atoms with E-state index in [0.29, 0.717) is 19.5 Å². The van der Waals surface area contributed by atoms with E-state index in [2.05, 4.69) is 5.10 Å². The Labute approximate surface area is 109 Å². The molecule has 1 atom stereocenters. The van der Waals surface area contributed by atoms with Gasteiger partial charge in [-0.05, 0) is 6.42 Å². The van der Waals surface area contributed by atoms with Crippen LogP contribution in [-0.2, 0) is 23.6 Å². The molecule has 0 aromatic carbocycles. The van der Waals surface area contributed by atoms with Gasteiger partial charge < -0.3 is 9.64 Å². The van der Waals surface area contributed by atoms with Gasteiger partial charge in [-0.1, -0.05) is 0 Å². The molecule has 0 radical (unpaired) electrons. The summed E-state index contributed by atoms with van der Waals surface area (Å²) in [6.07, 6.45) is 0.611. The van der Waals surface area contributed by atoms with E-state index in [1.165, 1.54) is 21.2 Å². The van der Waals surface area contributed by atoms with Crippen LogP contribution in [0.15, 0.2) is 9.59 Å². The molecule has 2 heterocycles. The molecule has 1 aliphatic rings. The van der Waals surface area contributed by atoms with E-state index in [1.54, 1.807) is 4.90 Å². The van der Waals surface area contributed by atoms with Crippen molar-refractivity contribution >= 4 is 11.8 Å². The van der Waals surface area contributed by atoms with E-state index in [0.717, 1.165) is 9.25 Å². The van der Waals surface area contributed by atoms with Gasteiger partial charge in [0.15, 0.2) is 0 Å². The Morgan fingerprint density at radius 3 is 2.68 bits per heavy atom. The first-order chi connectivity index (χ1) is 8.95. The Bertz CT molecular complexity index is 618. The van der Waals surface area contributed by atoms with Crippen molar-refractivity contribution in [3.05, 3.63) is 20.8 Å². The average Bonchev–Trinajstić information content (AvgIpc) is 2.89. The fraction of sp³-hybridized carbons (Fsp3) is 0.636. The number of methoxy groups -OCH3 is 1. The number of rotatable bonds is 2. The van der Waals surface area contributed by atoms with Gasteiger partial charge in [-0.3, -0.25) is 14.2 Å². The first kappa shape index (κ1) is 13.3. The quantitative estimate of drug-likeness (QED) is 0.605. The van der Waals surface area contributed by atoms with Crippen LogP contribution in [0.25, 0.3) is 0 Å². The molecule has 19 heavy (non-hydrogen) atoms. The molecule has 1 unspecified atom stereocenters. The van der Waals surface area contributed by atoms with Crippen LogP contribution in [0.1, 0.15) is 6.42 Å². The number of aryl methyl sites for hydroxylation is 1. The van der Waals surface area contributed by atoms with Crippen molar-refractivity contribution in [2.24, 2.45) is 20.0 Å². The Balaban J connectivity index is 2.33. The second-order valence-electron chi connectivity index (χ2n) is 4.55. The predicted octanol–water partition coefficient (Wildman–Crippen LogP) is -1.52. The van der Waals surface area contributed by atoms with Gasteiger partial charge in [0.1, 0.15) is 0 Å². The highest BCUT2D eigenvalue weighted by molar-refractivity contribution is 5.73. The van der Waals surface area contributed by atoms with Gasteiger partial charge in [-0.2, -0.15) is 0 Å². The lowest BCUT2D eigenvalue weighted by Gasteiger charge is -2.17. The highest BCUT2D eigenvalue weighted by Crippen LogP contribution is 2.20. The lowest BCUT2D eigenvalue weighted by Crippen LogP contribution is -2.42. The second kappa shape index (κ2) is 4.87. The Morgan fingerprint density at radius 1 is 1.37 bits per heavy atom. The molecule has 0 spiro atoms. The first-order valence-corrected chi connectivity index (χ1v) is 5.92. The maximum Gasteiger partial charge on any atom is 0.346 e. The van der Waals surface area contributed by atoms with E-state index in [9.17, 15) is 14.4 Å². The summed E-state index contributed by atoms with van der Waals surface area (Å²) in [5.74, 6) is -0.353. The molecule has 0 N–H and O–H groups in total. The number of hydrogen-bond donors (Lipinski definition) is 0. The molecule has 1 aliphatic heterocycles. The molecule has 1 aromatic rings. The molecule has 0 bridgehead atoms. The van der Waals surface area contributed by atoms with Crippen molar-refractivity contribution in [1.29, 1.82) is 0 Å². The molecule has 1 saturated heterocycles. The maximum absolute atomic E-state index is 12.0. The molecule has 104 valence electrons. The number of carbonyl (C=O) groups is 1. The SMILES string of the molecule is COC(=O)C1CCN(c2nn(C)c(=O)n(C)c2=O)C1. The number of carbonyl (C=O) groups excluding carboxylic acids is 1. The molecule has 1 fully saturated rings.